The van der Waals surface area contributed by atoms with Crippen molar-refractivity contribution in [1.82, 2.24) is 15.6 Å². The molecule has 3 nitrogen and oxygen atoms in total. The molecule has 1 saturated heterocycles. The van der Waals surface area contributed by atoms with Gasteiger partial charge in [0, 0.05) is 22.6 Å². The highest BCUT2D eigenvalue weighted by atomic mass is 15.0. The van der Waals surface area contributed by atoms with E-state index in [1.54, 1.807) is 0 Å². The molecule has 1 fully saturated rings. The lowest BCUT2D eigenvalue weighted by Crippen LogP contribution is -2.40. The fourth-order valence-corrected chi connectivity index (χ4v) is 3.08. The van der Waals surface area contributed by atoms with E-state index in [0.717, 1.165) is 26.1 Å². The number of benzene rings is 1. The van der Waals surface area contributed by atoms with Crippen LogP contribution in [0.5, 0.6) is 0 Å². The molecule has 0 atom stereocenters. The van der Waals surface area contributed by atoms with E-state index in [1.807, 2.05) is 0 Å². The number of nitrogens with one attached hydrogen (secondary N) is 3. The zero-order valence-electron chi connectivity index (χ0n) is 11.6. The van der Waals surface area contributed by atoms with Gasteiger partial charge in [0.25, 0.3) is 0 Å². The van der Waals surface area contributed by atoms with E-state index >= 15 is 0 Å². The Hall–Kier alpha value is -1.32. The van der Waals surface area contributed by atoms with Crippen molar-refractivity contribution >= 4 is 10.9 Å². The molecule has 102 valence electrons. The van der Waals surface area contributed by atoms with Gasteiger partial charge >= 0.3 is 0 Å². The van der Waals surface area contributed by atoms with E-state index in [9.17, 15) is 0 Å². The van der Waals surface area contributed by atoms with Gasteiger partial charge in [0.15, 0.2) is 0 Å². The van der Waals surface area contributed by atoms with Crippen LogP contribution in [0.1, 0.15) is 24.1 Å². The lowest BCUT2D eigenvalue weighted by atomic mass is 10.1. The van der Waals surface area contributed by atoms with E-state index in [4.69, 9.17) is 0 Å². The molecule has 0 spiro atoms. The van der Waals surface area contributed by atoms with Crippen LogP contribution >= 0.6 is 0 Å². The van der Waals surface area contributed by atoms with Crippen LogP contribution in [0.15, 0.2) is 24.3 Å². The minimum Gasteiger partial charge on any atom is -0.358 e. The van der Waals surface area contributed by atoms with Gasteiger partial charge in [-0.3, -0.25) is 0 Å². The maximum atomic E-state index is 3.70. The molecule has 2 aromatic rings. The SMILES string of the molecule is Cc1[nH]c2ccccc2c1CCNC1CCNCC1. The second-order valence-corrected chi connectivity index (χ2v) is 5.50. The molecule has 0 saturated carbocycles. The fraction of sp³-hybridized carbons (Fsp3) is 0.500. The summed E-state index contributed by atoms with van der Waals surface area (Å²) in [5, 5.41) is 8.49. The van der Waals surface area contributed by atoms with Crippen molar-refractivity contribution in [3.8, 4) is 0 Å². The van der Waals surface area contributed by atoms with Gasteiger partial charge in [-0.1, -0.05) is 18.2 Å². The third-order valence-corrected chi connectivity index (χ3v) is 4.17. The maximum absolute atomic E-state index is 3.70. The molecular weight excluding hydrogens is 234 g/mol. The first-order valence-electron chi connectivity index (χ1n) is 7.35. The fourth-order valence-electron chi connectivity index (χ4n) is 3.08. The lowest BCUT2D eigenvalue weighted by molar-refractivity contribution is 0.390. The van der Waals surface area contributed by atoms with E-state index < -0.39 is 0 Å². The average molecular weight is 257 g/mol. The van der Waals surface area contributed by atoms with Gasteiger partial charge in [-0.05, 0) is 57.5 Å². The molecule has 1 aromatic carbocycles. The second-order valence-electron chi connectivity index (χ2n) is 5.50. The van der Waals surface area contributed by atoms with E-state index in [0.29, 0.717) is 6.04 Å². The number of piperidine rings is 1. The predicted octanol–water partition coefficient (Wildman–Crippen LogP) is 2.36. The first-order valence-corrected chi connectivity index (χ1v) is 7.35. The number of rotatable bonds is 4. The largest absolute Gasteiger partial charge is 0.358 e. The highest BCUT2D eigenvalue weighted by Gasteiger charge is 2.12. The molecule has 3 rings (SSSR count). The smallest absolute Gasteiger partial charge is 0.0458 e. The third kappa shape index (κ3) is 2.82. The molecule has 3 N–H and O–H groups in total. The van der Waals surface area contributed by atoms with Crippen molar-refractivity contribution in [2.24, 2.45) is 0 Å². The van der Waals surface area contributed by atoms with Crippen molar-refractivity contribution in [3.63, 3.8) is 0 Å². The van der Waals surface area contributed by atoms with Crippen LogP contribution in [0.2, 0.25) is 0 Å². The summed E-state index contributed by atoms with van der Waals surface area (Å²) >= 11 is 0. The quantitative estimate of drug-likeness (QED) is 0.787. The normalized spacial score (nSPS) is 17.1. The predicted molar refractivity (Wildman–Crippen MR) is 80.6 cm³/mol. The lowest BCUT2D eigenvalue weighted by Gasteiger charge is -2.23. The Kier molecular flexibility index (Phi) is 3.85. The number of aromatic amines is 1. The third-order valence-electron chi connectivity index (χ3n) is 4.17. The molecule has 0 radical (unpaired) electrons. The summed E-state index contributed by atoms with van der Waals surface area (Å²) < 4.78 is 0. The molecule has 0 bridgehead atoms. The molecular formula is C16H23N3. The van der Waals surface area contributed by atoms with Crippen molar-refractivity contribution < 1.29 is 0 Å². The summed E-state index contributed by atoms with van der Waals surface area (Å²) in [6, 6.07) is 9.30. The summed E-state index contributed by atoms with van der Waals surface area (Å²) in [6.45, 7) is 5.57. The van der Waals surface area contributed by atoms with Gasteiger partial charge < -0.3 is 15.6 Å². The molecule has 1 aliphatic heterocycles. The zero-order valence-corrected chi connectivity index (χ0v) is 11.6. The summed E-state index contributed by atoms with van der Waals surface area (Å²) in [6.07, 6.45) is 3.62. The summed E-state index contributed by atoms with van der Waals surface area (Å²) in [5.74, 6) is 0. The standard InChI is InChI=1S/C16H23N3/c1-12-14(15-4-2-3-5-16(15)19-12)8-11-18-13-6-9-17-10-7-13/h2-5,13,17-19H,6-11H2,1H3. The minimum atomic E-state index is 0.701. The number of aromatic nitrogens is 1. The molecule has 0 aliphatic carbocycles. The van der Waals surface area contributed by atoms with E-state index in [-0.39, 0.29) is 0 Å². The number of hydrogen-bond donors (Lipinski definition) is 3. The molecule has 2 heterocycles. The van der Waals surface area contributed by atoms with Crippen molar-refractivity contribution in [3.05, 3.63) is 35.5 Å². The molecule has 1 aromatic heterocycles. The number of aryl methyl sites for hydroxylation is 1. The van der Waals surface area contributed by atoms with Crippen LogP contribution in [0.4, 0.5) is 0 Å². The average Bonchev–Trinajstić information content (AvgIpc) is 2.76. The number of H-pyrrole nitrogens is 1. The molecule has 19 heavy (non-hydrogen) atoms. The van der Waals surface area contributed by atoms with Gasteiger partial charge in [0.1, 0.15) is 0 Å². The van der Waals surface area contributed by atoms with Gasteiger partial charge in [-0.25, -0.2) is 0 Å². The van der Waals surface area contributed by atoms with Crippen molar-refractivity contribution in [2.45, 2.75) is 32.2 Å². The van der Waals surface area contributed by atoms with Gasteiger partial charge in [-0.15, -0.1) is 0 Å². The molecule has 0 amide bonds. The molecule has 3 heteroatoms. The van der Waals surface area contributed by atoms with E-state index in [1.165, 1.54) is 35.0 Å². The summed E-state index contributed by atoms with van der Waals surface area (Å²) in [7, 11) is 0. The first-order chi connectivity index (χ1) is 9.34. The number of fused-ring (bicyclic) bond motifs is 1. The monoisotopic (exact) mass is 257 g/mol. The van der Waals surface area contributed by atoms with E-state index in [2.05, 4.69) is 46.8 Å². The van der Waals surface area contributed by atoms with Gasteiger partial charge in [0.2, 0.25) is 0 Å². The second kappa shape index (κ2) is 5.76. The molecule has 1 aliphatic rings. The Morgan fingerprint density at radius 3 is 2.84 bits per heavy atom. The Labute approximate surface area is 114 Å². The van der Waals surface area contributed by atoms with Crippen LogP contribution in [0.3, 0.4) is 0 Å². The Bertz CT molecular complexity index is 538. The van der Waals surface area contributed by atoms with Crippen LogP contribution in [-0.4, -0.2) is 30.7 Å². The highest BCUT2D eigenvalue weighted by molar-refractivity contribution is 5.84. The van der Waals surface area contributed by atoms with Crippen molar-refractivity contribution in [1.29, 1.82) is 0 Å². The Balaban J connectivity index is 1.63. The minimum absolute atomic E-state index is 0.701. The first kappa shape index (κ1) is 12.7. The highest BCUT2D eigenvalue weighted by Crippen LogP contribution is 2.22. The topological polar surface area (TPSA) is 39.9 Å². The van der Waals surface area contributed by atoms with Gasteiger partial charge in [0.05, 0.1) is 0 Å². The van der Waals surface area contributed by atoms with Crippen molar-refractivity contribution in [2.75, 3.05) is 19.6 Å². The number of para-hydroxylation sites is 1. The Morgan fingerprint density at radius 2 is 2.00 bits per heavy atom. The number of hydrogen-bond acceptors (Lipinski definition) is 2. The van der Waals surface area contributed by atoms with Crippen LogP contribution in [0.25, 0.3) is 10.9 Å². The maximum Gasteiger partial charge on any atom is 0.0458 e. The Morgan fingerprint density at radius 1 is 1.21 bits per heavy atom. The summed E-state index contributed by atoms with van der Waals surface area (Å²) in [5.41, 5.74) is 4.04. The zero-order chi connectivity index (χ0) is 13.1. The van der Waals surface area contributed by atoms with Gasteiger partial charge in [-0.2, -0.15) is 0 Å². The van der Waals surface area contributed by atoms with Crippen LogP contribution < -0.4 is 10.6 Å². The van der Waals surface area contributed by atoms with Crippen LogP contribution in [0, 0.1) is 6.92 Å². The summed E-state index contributed by atoms with van der Waals surface area (Å²) in [4.78, 5) is 3.48. The van der Waals surface area contributed by atoms with Crippen LogP contribution in [-0.2, 0) is 6.42 Å². The molecule has 0 unspecified atom stereocenters.